The largest absolute Gasteiger partial charge is 0.486 e. The van der Waals surface area contributed by atoms with E-state index in [1.54, 1.807) is 30.5 Å². The highest BCUT2D eigenvalue weighted by atomic mass is 35.5. The zero-order chi connectivity index (χ0) is 16.1. The van der Waals surface area contributed by atoms with Gasteiger partial charge in [0, 0.05) is 11.2 Å². The lowest BCUT2D eigenvalue weighted by atomic mass is 10.2. The molecule has 22 heavy (non-hydrogen) atoms. The lowest BCUT2D eigenvalue weighted by Gasteiger charge is -2.09. The number of nitrogens with zero attached hydrogens (tertiary/aromatic N) is 1. The molecule has 5 heteroatoms. The molecule has 0 aliphatic carbocycles. The monoisotopic (exact) mass is 353 g/mol. The van der Waals surface area contributed by atoms with Gasteiger partial charge in [-0.2, -0.15) is 0 Å². The number of hydrogen-bond donors (Lipinski definition) is 0. The number of benzene rings is 2. The van der Waals surface area contributed by atoms with Crippen molar-refractivity contribution >= 4 is 46.7 Å². The minimum Gasteiger partial charge on any atom is -0.486 e. The van der Waals surface area contributed by atoms with Crippen molar-refractivity contribution in [1.29, 1.82) is 0 Å². The van der Waals surface area contributed by atoms with Crippen LogP contribution >= 0.6 is 34.8 Å². The Kier molecular flexibility index (Phi) is 5.90. The maximum absolute atomic E-state index is 6.18. The Balaban J connectivity index is 2.28. The molecule has 114 valence electrons. The van der Waals surface area contributed by atoms with Gasteiger partial charge >= 0.3 is 0 Å². The van der Waals surface area contributed by atoms with Crippen LogP contribution in [0.3, 0.4) is 0 Å². The van der Waals surface area contributed by atoms with E-state index in [9.17, 15) is 0 Å². The number of hydrogen-bond acceptors (Lipinski definition) is 2. The first-order valence-electron chi connectivity index (χ1n) is 6.54. The molecule has 2 aromatic carbocycles. The number of rotatable bonds is 5. The molecule has 0 unspecified atom stereocenters. The van der Waals surface area contributed by atoms with E-state index in [-0.39, 0.29) is 0 Å². The third-order valence-corrected chi connectivity index (χ3v) is 3.69. The van der Waals surface area contributed by atoms with E-state index in [2.05, 4.69) is 11.6 Å². The molecular formula is C17H14Cl3NO. The van der Waals surface area contributed by atoms with Gasteiger partial charge in [0.05, 0.1) is 15.7 Å². The normalized spacial score (nSPS) is 10.9. The van der Waals surface area contributed by atoms with Crippen molar-refractivity contribution in [3.05, 3.63) is 69.2 Å². The number of ether oxygens (including phenoxy) is 1. The van der Waals surface area contributed by atoms with E-state index in [0.29, 0.717) is 27.4 Å². The van der Waals surface area contributed by atoms with Crippen molar-refractivity contribution in [2.45, 2.75) is 6.92 Å². The summed E-state index contributed by atoms with van der Waals surface area (Å²) in [7, 11) is 0. The SMILES string of the molecule is C=CCOc1c(Cl)cc(C=Nc2cc(Cl)ccc2C)cc1Cl. The van der Waals surface area contributed by atoms with E-state index in [1.165, 1.54) is 0 Å². The standard InChI is InChI=1S/C17H14Cl3NO/c1-3-6-22-17-14(19)7-12(8-15(17)20)10-21-16-9-13(18)5-4-11(16)2/h3-5,7-10H,1,6H2,2H3. The molecule has 0 N–H and O–H groups in total. The second kappa shape index (κ2) is 7.68. The van der Waals surface area contributed by atoms with Crippen LogP contribution in [0, 0.1) is 6.92 Å². The molecule has 0 saturated heterocycles. The summed E-state index contributed by atoms with van der Waals surface area (Å²) in [5.74, 6) is 0.444. The van der Waals surface area contributed by atoms with Gasteiger partial charge < -0.3 is 4.74 Å². The average molecular weight is 355 g/mol. The van der Waals surface area contributed by atoms with Gasteiger partial charge in [0.2, 0.25) is 0 Å². The molecule has 0 saturated carbocycles. The van der Waals surface area contributed by atoms with Crippen LogP contribution in [0.4, 0.5) is 5.69 Å². The molecule has 0 aliphatic rings. The van der Waals surface area contributed by atoms with Crippen molar-refractivity contribution in [2.75, 3.05) is 6.61 Å². The van der Waals surface area contributed by atoms with E-state index < -0.39 is 0 Å². The Labute approximate surface area is 145 Å². The summed E-state index contributed by atoms with van der Waals surface area (Å²) in [5.41, 5.74) is 2.61. The van der Waals surface area contributed by atoms with Crippen LogP contribution in [0.2, 0.25) is 15.1 Å². The van der Waals surface area contributed by atoms with Crippen LogP contribution < -0.4 is 4.74 Å². The second-order valence-electron chi connectivity index (χ2n) is 4.60. The minimum atomic E-state index is 0.342. The molecule has 0 aliphatic heterocycles. The van der Waals surface area contributed by atoms with Gasteiger partial charge in [-0.25, -0.2) is 0 Å². The Morgan fingerprint density at radius 3 is 2.45 bits per heavy atom. The van der Waals surface area contributed by atoms with Crippen LogP contribution in [-0.2, 0) is 0 Å². The maximum Gasteiger partial charge on any atom is 0.156 e. The number of halogens is 3. The quantitative estimate of drug-likeness (QED) is 0.458. The second-order valence-corrected chi connectivity index (χ2v) is 5.85. The Hall–Kier alpha value is -1.48. The van der Waals surface area contributed by atoms with Gasteiger partial charge in [-0.3, -0.25) is 4.99 Å². The van der Waals surface area contributed by atoms with E-state index in [0.717, 1.165) is 16.8 Å². The highest BCUT2D eigenvalue weighted by Crippen LogP contribution is 2.34. The summed E-state index contributed by atoms with van der Waals surface area (Å²) in [6.07, 6.45) is 3.32. The molecule has 2 rings (SSSR count). The summed E-state index contributed by atoms with van der Waals surface area (Å²) in [5, 5.41) is 1.50. The lowest BCUT2D eigenvalue weighted by molar-refractivity contribution is 0.363. The first-order valence-corrected chi connectivity index (χ1v) is 7.67. The number of aliphatic imine (C=N–C) groups is 1. The topological polar surface area (TPSA) is 21.6 Å². The fourth-order valence-electron chi connectivity index (χ4n) is 1.80. The molecule has 0 heterocycles. The Bertz CT molecular complexity index is 703. The zero-order valence-corrected chi connectivity index (χ0v) is 14.2. The van der Waals surface area contributed by atoms with E-state index >= 15 is 0 Å². The molecular weight excluding hydrogens is 341 g/mol. The Morgan fingerprint density at radius 1 is 1.14 bits per heavy atom. The summed E-state index contributed by atoms with van der Waals surface area (Å²) >= 11 is 18.3. The molecule has 0 aromatic heterocycles. The summed E-state index contributed by atoms with van der Waals surface area (Å²) in [4.78, 5) is 4.43. The lowest BCUT2D eigenvalue weighted by Crippen LogP contribution is -1.95. The number of aryl methyl sites for hydroxylation is 1. The molecule has 0 radical (unpaired) electrons. The van der Waals surface area contributed by atoms with E-state index in [4.69, 9.17) is 39.5 Å². The first kappa shape index (κ1) is 16.9. The van der Waals surface area contributed by atoms with Crippen molar-refractivity contribution in [3.63, 3.8) is 0 Å². The predicted molar refractivity (Wildman–Crippen MR) is 95.6 cm³/mol. The van der Waals surface area contributed by atoms with Gasteiger partial charge in [0.15, 0.2) is 5.75 Å². The summed E-state index contributed by atoms with van der Waals surface area (Å²) in [6, 6.07) is 9.04. The zero-order valence-electron chi connectivity index (χ0n) is 11.9. The van der Waals surface area contributed by atoms with Gasteiger partial charge in [0.1, 0.15) is 6.61 Å². The summed E-state index contributed by atoms with van der Waals surface area (Å²) < 4.78 is 5.43. The van der Waals surface area contributed by atoms with Gasteiger partial charge in [0.25, 0.3) is 0 Å². The predicted octanol–water partition coefficient (Wildman–Crippen LogP) is 6.27. The molecule has 2 aromatic rings. The fourth-order valence-corrected chi connectivity index (χ4v) is 2.58. The van der Waals surface area contributed by atoms with Crippen LogP contribution in [0.25, 0.3) is 0 Å². The van der Waals surface area contributed by atoms with Crippen molar-refractivity contribution in [1.82, 2.24) is 0 Å². The minimum absolute atomic E-state index is 0.342. The van der Waals surface area contributed by atoms with Gasteiger partial charge in [-0.15, -0.1) is 0 Å². The van der Waals surface area contributed by atoms with Gasteiger partial charge in [-0.05, 0) is 42.3 Å². The van der Waals surface area contributed by atoms with Crippen LogP contribution in [0.15, 0.2) is 48.0 Å². The van der Waals surface area contributed by atoms with Crippen LogP contribution in [0.1, 0.15) is 11.1 Å². The summed E-state index contributed by atoms with van der Waals surface area (Å²) in [6.45, 7) is 5.90. The van der Waals surface area contributed by atoms with Crippen LogP contribution in [-0.4, -0.2) is 12.8 Å². The molecule has 0 spiro atoms. The van der Waals surface area contributed by atoms with Crippen molar-refractivity contribution in [2.24, 2.45) is 4.99 Å². The highest BCUT2D eigenvalue weighted by molar-refractivity contribution is 6.37. The van der Waals surface area contributed by atoms with Gasteiger partial charge in [-0.1, -0.05) is 53.5 Å². The fraction of sp³-hybridized carbons (Fsp3) is 0.118. The molecule has 0 atom stereocenters. The third kappa shape index (κ3) is 4.26. The third-order valence-electron chi connectivity index (χ3n) is 2.89. The van der Waals surface area contributed by atoms with Crippen molar-refractivity contribution < 1.29 is 4.74 Å². The molecule has 0 fully saturated rings. The maximum atomic E-state index is 6.18. The molecule has 2 nitrogen and oxygen atoms in total. The van der Waals surface area contributed by atoms with E-state index in [1.807, 2.05) is 19.1 Å². The molecule has 0 bridgehead atoms. The first-order chi connectivity index (χ1) is 10.5. The molecule has 0 amide bonds. The van der Waals surface area contributed by atoms with Crippen LogP contribution in [0.5, 0.6) is 5.75 Å². The Morgan fingerprint density at radius 2 is 1.82 bits per heavy atom. The highest BCUT2D eigenvalue weighted by Gasteiger charge is 2.08. The smallest absolute Gasteiger partial charge is 0.156 e. The van der Waals surface area contributed by atoms with Crippen molar-refractivity contribution in [3.8, 4) is 5.75 Å². The average Bonchev–Trinajstić information content (AvgIpc) is 2.47.